The molecule has 18 heavy (non-hydrogen) atoms. The van der Waals surface area contributed by atoms with E-state index in [0.29, 0.717) is 10.9 Å². The Morgan fingerprint density at radius 2 is 1.89 bits per heavy atom. The number of halogens is 3. The van der Waals surface area contributed by atoms with Crippen LogP contribution in [0.4, 0.5) is 0 Å². The zero-order chi connectivity index (χ0) is 13.9. The highest BCUT2D eigenvalue weighted by Crippen LogP contribution is 2.32. The van der Waals surface area contributed by atoms with Gasteiger partial charge in [-0.2, -0.15) is 0 Å². The predicted molar refractivity (Wildman–Crippen MR) is 75.6 cm³/mol. The van der Waals surface area contributed by atoms with Crippen LogP contribution in [0.15, 0.2) is 21.5 Å². The summed E-state index contributed by atoms with van der Waals surface area (Å²) in [6.07, 6.45) is 0.460. The van der Waals surface area contributed by atoms with Crippen molar-refractivity contribution in [2.45, 2.75) is 24.3 Å². The zero-order valence-corrected chi connectivity index (χ0v) is 13.4. The molecule has 1 aromatic carbocycles. The number of aliphatic hydroxyl groups excluding tert-OH is 1. The molecule has 0 bridgehead atoms. The summed E-state index contributed by atoms with van der Waals surface area (Å²) in [4.78, 5) is -0.180. The van der Waals surface area contributed by atoms with E-state index >= 15 is 0 Å². The molecule has 1 rings (SSSR count). The van der Waals surface area contributed by atoms with Crippen LogP contribution in [0.1, 0.15) is 13.3 Å². The largest absolute Gasteiger partial charge is 0.395 e. The summed E-state index contributed by atoms with van der Waals surface area (Å²) >= 11 is 15.0. The second kappa shape index (κ2) is 6.54. The normalized spacial score (nSPS) is 13.6. The maximum Gasteiger partial charge on any atom is 0.243 e. The van der Waals surface area contributed by atoms with Gasteiger partial charge < -0.3 is 5.11 Å². The Bertz CT molecular complexity index is 509. The lowest BCUT2D eigenvalue weighted by molar-refractivity contribution is 0.254. The number of sulfonamides is 1. The van der Waals surface area contributed by atoms with Gasteiger partial charge in [0.2, 0.25) is 10.0 Å². The number of hydrogen-bond donors (Lipinski definition) is 2. The van der Waals surface area contributed by atoms with Crippen LogP contribution in [0, 0.1) is 0 Å². The summed E-state index contributed by atoms with van der Waals surface area (Å²) in [5, 5.41) is 9.06. The van der Waals surface area contributed by atoms with Crippen molar-refractivity contribution in [3.8, 4) is 0 Å². The van der Waals surface area contributed by atoms with E-state index in [1.807, 2.05) is 0 Å². The molecule has 0 fully saturated rings. The molecule has 0 aliphatic rings. The van der Waals surface area contributed by atoms with Gasteiger partial charge in [0.05, 0.1) is 16.7 Å². The van der Waals surface area contributed by atoms with E-state index in [4.69, 9.17) is 28.3 Å². The Morgan fingerprint density at radius 1 is 1.39 bits per heavy atom. The molecule has 0 aromatic heterocycles. The van der Waals surface area contributed by atoms with E-state index in [-0.39, 0.29) is 21.5 Å². The molecule has 0 radical (unpaired) electrons. The summed E-state index contributed by atoms with van der Waals surface area (Å²) < 4.78 is 27.2. The van der Waals surface area contributed by atoms with Gasteiger partial charge >= 0.3 is 0 Å². The van der Waals surface area contributed by atoms with Gasteiger partial charge in [0, 0.05) is 10.5 Å². The first-order valence-electron chi connectivity index (χ1n) is 5.09. The standard InChI is InChI=1S/C10H12BrCl2NO3S/c1-2-7(5-15)14-18(16,17)10-8(12)3-6(11)4-9(10)13/h3-4,7,14-15H,2,5H2,1H3/t7-/m0/s1. The lowest BCUT2D eigenvalue weighted by Gasteiger charge is -2.16. The maximum atomic E-state index is 12.1. The van der Waals surface area contributed by atoms with E-state index < -0.39 is 16.1 Å². The van der Waals surface area contributed by atoms with E-state index in [9.17, 15) is 8.42 Å². The van der Waals surface area contributed by atoms with Crippen LogP contribution in [0.5, 0.6) is 0 Å². The maximum absolute atomic E-state index is 12.1. The van der Waals surface area contributed by atoms with Crippen LogP contribution in [0.3, 0.4) is 0 Å². The quantitative estimate of drug-likeness (QED) is 0.830. The van der Waals surface area contributed by atoms with Crippen LogP contribution in [-0.4, -0.2) is 26.2 Å². The third-order valence-electron chi connectivity index (χ3n) is 2.27. The second-order valence-corrected chi connectivity index (χ2v) is 6.99. The number of rotatable bonds is 5. The Morgan fingerprint density at radius 3 is 2.28 bits per heavy atom. The van der Waals surface area contributed by atoms with Gasteiger partial charge in [0.15, 0.2) is 0 Å². The minimum absolute atomic E-state index is 0.0228. The van der Waals surface area contributed by atoms with E-state index in [2.05, 4.69) is 20.7 Å². The molecular weight excluding hydrogens is 365 g/mol. The fourth-order valence-electron chi connectivity index (χ4n) is 1.31. The van der Waals surface area contributed by atoms with E-state index in [1.165, 1.54) is 12.1 Å². The summed E-state index contributed by atoms with van der Waals surface area (Å²) in [7, 11) is -3.86. The smallest absolute Gasteiger partial charge is 0.243 e. The average Bonchev–Trinajstić information content (AvgIpc) is 2.23. The number of hydrogen-bond acceptors (Lipinski definition) is 3. The number of aliphatic hydroxyl groups is 1. The fourth-order valence-corrected chi connectivity index (χ4v) is 4.56. The van der Waals surface area contributed by atoms with Crippen molar-refractivity contribution in [2.24, 2.45) is 0 Å². The monoisotopic (exact) mass is 375 g/mol. The van der Waals surface area contributed by atoms with Gasteiger partial charge in [-0.25, -0.2) is 13.1 Å². The molecule has 2 N–H and O–H groups in total. The molecule has 1 aromatic rings. The van der Waals surface area contributed by atoms with Gasteiger partial charge in [-0.3, -0.25) is 0 Å². The Labute approximate surface area is 124 Å². The molecule has 0 amide bonds. The number of benzene rings is 1. The first kappa shape index (κ1) is 16.2. The highest BCUT2D eigenvalue weighted by molar-refractivity contribution is 9.10. The molecule has 0 unspecified atom stereocenters. The van der Waals surface area contributed by atoms with Crippen LogP contribution >= 0.6 is 39.1 Å². The summed E-state index contributed by atoms with van der Waals surface area (Å²) in [6, 6.07) is 2.33. The molecular formula is C10H12BrCl2NO3S. The second-order valence-electron chi connectivity index (χ2n) is 3.61. The summed E-state index contributed by atoms with van der Waals surface area (Å²) in [5.74, 6) is 0. The average molecular weight is 377 g/mol. The van der Waals surface area contributed by atoms with Gasteiger partial charge in [-0.05, 0) is 18.6 Å². The van der Waals surface area contributed by atoms with Crippen molar-refractivity contribution in [3.05, 3.63) is 26.7 Å². The van der Waals surface area contributed by atoms with Gasteiger partial charge in [-0.1, -0.05) is 46.1 Å². The van der Waals surface area contributed by atoms with Gasteiger partial charge in [0.1, 0.15) is 4.90 Å². The molecule has 4 nitrogen and oxygen atoms in total. The third kappa shape index (κ3) is 3.82. The highest BCUT2D eigenvalue weighted by Gasteiger charge is 2.24. The molecule has 8 heteroatoms. The molecule has 0 saturated heterocycles. The Balaban J connectivity index is 3.21. The first-order chi connectivity index (χ1) is 8.31. The predicted octanol–water partition coefficient (Wildman–Crippen LogP) is 2.81. The molecule has 1 atom stereocenters. The van der Waals surface area contributed by atoms with Crippen molar-refractivity contribution in [2.75, 3.05) is 6.61 Å². The highest BCUT2D eigenvalue weighted by atomic mass is 79.9. The summed E-state index contributed by atoms with van der Waals surface area (Å²) in [5.41, 5.74) is 0. The van der Waals surface area contributed by atoms with Crippen molar-refractivity contribution in [1.29, 1.82) is 0 Å². The SMILES string of the molecule is CC[C@@H](CO)NS(=O)(=O)c1c(Cl)cc(Br)cc1Cl. The van der Waals surface area contributed by atoms with Crippen LogP contribution in [0.25, 0.3) is 0 Å². The van der Waals surface area contributed by atoms with Gasteiger partial charge in [-0.15, -0.1) is 0 Å². The first-order valence-corrected chi connectivity index (χ1v) is 8.12. The van der Waals surface area contributed by atoms with Crippen molar-refractivity contribution >= 4 is 49.2 Å². The molecule has 0 heterocycles. The summed E-state index contributed by atoms with van der Waals surface area (Å²) in [6.45, 7) is 1.47. The molecule has 0 aliphatic carbocycles. The van der Waals surface area contributed by atoms with Crippen LogP contribution in [-0.2, 0) is 10.0 Å². The number of nitrogens with one attached hydrogen (secondary N) is 1. The lowest BCUT2D eigenvalue weighted by Crippen LogP contribution is -2.37. The molecule has 0 spiro atoms. The third-order valence-corrected chi connectivity index (χ3v) is 5.17. The molecule has 0 saturated carbocycles. The van der Waals surface area contributed by atoms with E-state index in [0.717, 1.165) is 0 Å². The van der Waals surface area contributed by atoms with Crippen molar-refractivity contribution in [3.63, 3.8) is 0 Å². The lowest BCUT2D eigenvalue weighted by atomic mass is 10.3. The Kier molecular flexibility index (Phi) is 5.89. The van der Waals surface area contributed by atoms with Gasteiger partial charge in [0.25, 0.3) is 0 Å². The molecule has 0 aliphatic heterocycles. The topological polar surface area (TPSA) is 66.4 Å². The minimum Gasteiger partial charge on any atom is -0.395 e. The fraction of sp³-hybridized carbons (Fsp3) is 0.400. The molecule has 102 valence electrons. The van der Waals surface area contributed by atoms with Crippen molar-refractivity contribution in [1.82, 2.24) is 4.72 Å². The van der Waals surface area contributed by atoms with E-state index in [1.54, 1.807) is 6.92 Å². The van der Waals surface area contributed by atoms with Crippen LogP contribution in [0.2, 0.25) is 10.0 Å². The zero-order valence-electron chi connectivity index (χ0n) is 9.45. The van der Waals surface area contributed by atoms with Crippen molar-refractivity contribution < 1.29 is 13.5 Å². The Hall–Kier alpha value is 0.150. The van der Waals surface area contributed by atoms with Crippen LogP contribution < -0.4 is 4.72 Å². The minimum atomic E-state index is -3.86.